The van der Waals surface area contributed by atoms with Crippen molar-refractivity contribution < 1.29 is 14.3 Å². The zero-order valence-corrected chi connectivity index (χ0v) is 13.8. The number of amides is 2. The molecule has 0 atom stereocenters. The van der Waals surface area contributed by atoms with Gasteiger partial charge in [-0.15, -0.1) is 0 Å². The van der Waals surface area contributed by atoms with Crippen molar-refractivity contribution in [3.63, 3.8) is 0 Å². The van der Waals surface area contributed by atoms with Gasteiger partial charge in [-0.2, -0.15) is 0 Å². The van der Waals surface area contributed by atoms with E-state index in [1.807, 2.05) is 42.2 Å². The van der Waals surface area contributed by atoms with E-state index in [2.05, 4.69) is 5.32 Å². The monoisotopic (exact) mass is 318 g/mol. The molecule has 23 heavy (non-hydrogen) atoms. The maximum absolute atomic E-state index is 12.2. The molecule has 1 heterocycles. The van der Waals surface area contributed by atoms with Crippen LogP contribution < -0.4 is 10.1 Å². The number of hydrogen-bond acceptors (Lipinski definition) is 3. The van der Waals surface area contributed by atoms with Crippen LogP contribution in [0.3, 0.4) is 0 Å². The van der Waals surface area contributed by atoms with Gasteiger partial charge in [0.1, 0.15) is 5.75 Å². The van der Waals surface area contributed by atoms with E-state index in [1.165, 1.54) is 0 Å². The molecule has 0 radical (unpaired) electrons. The molecule has 1 N–H and O–H groups in total. The Morgan fingerprint density at radius 1 is 1.22 bits per heavy atom. The van der Waals surface area contributed by atoms with Crippen LogP contribution >= 0.6 is 0 Å². The maximum atomic E-state index is 12.2. The highest BCUT2D eigenvalue weighted by atomic mass is 16.5. The molecule has 1 fully saturated rings. The number of ether oxygens (including phenoxy) is 1. The summed E-state index contributed by atoms with van der Waals surface area (Å²) in [4.78, 5) is 25.5. The summed E-state index contributed by atoms with van der Waals surface area (Å²) in [6.45, 7) is 3.87. The lowest BCUT2D eigenvalue weighted by atomic mass is 10.0. The zero-order valence-electron chi connectivity index (χ0n) is 13.8. The fourth-order valence-electron chi connectivity index (χ4n) is 2.69. The van der Waals surface area contributed by atoms with Crippen LogP contribution in [0.4, 0.5) is 0 Å². The molecule has 2 amide bonds. The first-order valence-corrected chi connectivity index (χ1v) is 8.44. The van der Waals surface area contributed by atoms with Gasteiger partial charge in [0.05, 0.1) is 6.61 Å². The second-order valence-electron chi connectivity index (χ2n) is 5.84. The molecule has 5 heteroatoms. The molecule has 2 rings (SSSR count). The summed E-state index contributed by atoms with van der Waals surface area (Å²) in [6, 6.07) is 9.86. The first-order chi connectivity index (χ1) is 11.2. The first kappa shape index (κ1) is 17.3. The van der Waals surface area contributed by atoms with Crippen LogP contribution in [0.1, 0.15) is 39.0 Å². The Balaban J connectivity index is 1.60. The van der Waals surface area contributed by atoms with Gasteiger partial charge in [0.2, 0.25) is 11.8 Å². The van der Waals surface area contributed by atoms with Gasteiger partial charge in [0.25, 0.3) is 0 Å². The van der Waals surface area contributed by atoms with Crippen molar-refractivity contribution in [1.29, 1.82) is 0 Å². The number of para-hydroxylation sites is 1. The van der Waals surface area contributed by atoms with Gasteiger partial charge in [-0.3, -0.25) is 9.59 Å². The average Bonchev–Trinajstić information content (AvgIpc) is 2.60. The number of hydrogen-bond donors (Lipinski definition) is 1. The number of piperidine rings is 1. The first-order valence-electron chi connectivity index (χ1n) is 8.44. The van der Waals surface area contributed by atoms with E-state index in [1.54, 1.807) is 0 Å². The number of rotatable bonds is 7. The average molecular weight is 318 g/mol. The van der Waals surface area contributed by atoms with Crippen LogP contribution in [0.25, 0.3) is 0 Å². The van der Waals surface area contributed by atoms with E-state index >= 15 is 0 Å². The molecule has 1 aromatic carbocycles. The van der Waals surface area contributed by atoms with Crippen LogP contribution in [-0.4, -0.2) is 42.5 Å². The van der Waals surface area contributed by atoms with Gasteiger partial charge in [0.15, 0.2) is 0 Å². The largest absolute Gasteiger partial charge is 0.494 e. The van der Waals surface area contributed by atoms with Gasteiger partial charge < -0.3 is 15.0 Å². The number of nitrogens with one attached hydrogen (secondary N) is 1. The Morgan fingerprint density at radius 3 is 2.57 bits per heavy atom. The molecule has 0 unspecified atom stereocenters. The summed E-state index contributed by atoms with van der Waals surface area (Å²) in [5, 5.41) is 3.00. The summed E-state index contributed by atoms with van der Waals surface area (Å²) < 4.78 is 5.60. The topological polar surface area (TPSA) is 58.6 Å². The standard InChI is InChI=1S/C18H26N2O3/c1-2-17(21)19-15-10-12-20(13-11-15)18(22)9-6-14-23-16-7-4-3-5-8-16/h3-5,7-8,15H,2,6,9-14H2,1H3,(H,19,21). The molecule has 0 aromatic heterocycles. The van der Waals surface area contributed by atoms with Crippen LogP contribution in [0.15, 0.2) is 30.3 Å². The van der Waals surface area contributed by atoms with Crippen molar-refractivity contribution in [3.8, 4) is 5.75 Å². The number of carbonyl (C=O) groups is 2. The minimum absolute atomic E-state index is 0.0906. The van der Waals surface area contributed by atoms with Crippen molar-refractivity contribution in [1.82, 2.24) is 10.2 Å². The van der Waals surface area contributed by atoms with E-state index in [0.717, 1.165) is 38.1 Å². The fourth-order valence-corrected chi connectivity index (χ4v) is 2.69. The third-order valence-corrected chi connectivity index (χ3v) is 4.08. The van der Waals surface area contributed by atoms with Gasteiger partial charge in [-0.1, -0.05) is 25.1 Å². The van der Waals surface area contributed by atoms with Crippen LogP contribution in [0.2, 0.25) is 0 Å². The summed E-state index contributed by atoms with van der Waals surface area (Å²) >= 11 is 0. The predicted molar refractivity (Wildman–Crippen MR) is 89.2 cm³/mol. The van der Waals surface area contributed by atoms with Gasteiger partial charge in [-0.05, 0) is 31.4 Å². The zero-order chi connectivity index (χ0) is 16.5. The van der Waals surface area contributed by atoms with Crippen LogP contribution in [0.5, 0.6) is 5.75 Å². The van der Waals surface area contributed by atoms with Crippen molar-refractivity contribution in [2.24, 2.45) is 0 Å². The van der Waals surface area contributed by atoms with E-state index < -0.39 is 0 Å². The molecule has 1 aliphatic rings. The summed E-state index contributed by atoms with van der Waals surface area (Å²) in [5.41, 5.74) is 0. The lowest BCUT2D eigenvalue weighted by molar-refractivity contribution is -0.132. The van der Waals surface area contributed by atoms with Crippen LogP contribution in [0, 0.1) is 0 Å². The molecule has 1 aliphatic heterocycles. The van der Waals surface area contributed by atoms with Gasteiger partial charge in [-0.25, -0.2) is 0 Å². The van der Waals surface area contributed by atoms with Gasteiger partial charge in [0, 0.05) is 32.0 Å². The predicted octanol–water partition coefficient (Wildman–Crippen LogP) is 2.36. The molecule has 1 aromatic rings. The molecular formula is C18H26N2O3. The molecule has 5 nitrogen and oxygen atoms in total. The van der Waals surface area contributed by atoms with Crippen LogP contribution in [-0.2, 0) is 9.59 Å². The molecule has 0 bridgehead atoms. The number of carbonyl (C=O) groups excluding carboxylic acids is 2. The van der Waals surface area contributed by atoms with E-state index in [4.69, 9.17) is 4.74 Å². The Morgan fingerprint density at radius 2 is 1.91 bits per heavy atom. The minimum Gasteiger partial charge on any atom is -0.494 e. The summed E-state index contributed by atoms with van der Waals surface area (Å²) in [7, 11) is 0. The van der Waals surface area contributed by atoms with Crippen molar-refractivity contribution >= 4 is 11.8 Å². The number of likely N-dealkylation sites (tertiary alicyclic amines) is 1. The van der Waals surface area contributed by atoms with Gasteiger partial charge >= 0.3 is 0 Å². The van der Waals surface area contributed by atoms with E-state index in [0.29, 0.717) is 19.4 Å². The Hall–Kier alpha value is -2.04. The summed E-state index contributed by atoms with van der Waals surface area (Å²) in [6.07, 6.45) is 3.44. The molecular weight excluding hydrogens is 292 g/mol. The Labute approximate surface area is 138 Å². The lowest BCUT2D eigenvalue weighted by Crippen LogP contribution is -2.46. The molecule has 1 saturated heterocycles. The third kappa shape index (κ3) is 5.93. The smallest absolute Gasteiger partial charge is 0.222 e. The minimum atomic E-state index is 0.0906. The molecule has 0 aliphatic carbocycles. The van der Waals surface area contributed by atoms with E-state index in [9.17, 15) is 9.59 Å². The Kier molecular flexibility index (Phi) is 6.91. The maximum Gasteiger partial charge on any atom is 0.222 e. The lowest BCUT2D eigenvalue weighted by Gasteiger charge is -2.32. The number of nitrogens with zero attached hydrogens (tertiary/aromatic N) is 1. The fraction of sp³-hybridized carbons (Fsp3) is 0.556. The van der Waals surface area contributed by atoms with E-state index in [-0.39, 0.29) is 17.9 Å². The number of benzene rings is 1. The highest BCUT2D eigenvalue weighted by Gasteiger charge is 2.23. The molecule has 0 spiro atoms. The molecule has 0 saturated carbocycles. The SMILES string of the molecule is CCC(=O)NC1CCN(C(=O)CCCOc2ccccc2)CC1. The normalized spacial score (nSPS) is 15.3. The second-order valence-corrected chi connectivity index (χ2v) is 5.84. The van der Waals surface area contributed by atoms with Crippen molar-refractivity contribution in [2.75, 3.05) is 19.7 Å². The van der Waals surface area contributed by atoms with Crippen molar-refractivity contribution in [2.45, 2.75) is 45.1 Å². The third-order valence-electron chi connectivity index (χ3n) is 4.08. The van der Waals surface area contributed by atoms with Crippen molar-refractivity contribution in [3.05, 3.63) is 30.3 Å². The summed E-state index contributed by atoms with van der Waals surface area (Å²) in [5.74, 6) is 1.11. The molecule has 126 valence electrons. The quantitative estimate of drug-likeness (QED) is 0.785. The Bertz CT molecular complexity index is 496. The highest BCUT2D eigenvalue weighted by molar-refractivity contribution is 5.77. The highest BCUT2D eigenvalue weighted by Crippen LogP contribution is 2.13. The second kappa shape index (κ2) is 9.18.